The Morgan fingerprint density at radius 1 is 0.895 bits per heavy atom. The third-order valence-corrected chi connectivity index (χ3v) is 4.67. The van der Waals surface area contributed by atoms with E-state index in [1.165, 1.54) is 10.5 Å². The minimum atomic E-state index is 0.466. The van der Waals surface area contributed by atoms with Gasteiger partial charge in [0.05, 0.1) is 7.11 Å². The van der Waals surface area contributed by atoms with E-state index in [1.807, 2.05) is 23.9 Å². The minimum Gasteiger partial charge on any atom is -0.497 e. The van der Waals surface area contributed by atoms with Crippen LogP contribution in [0.3, 0.4) is 0 Å². The van der Waals surface area contributed by atoms with Gasteiger partial charge in [0.1, 0.15) is 5.75 Å². The molecule has 0 aromatic heterocycles. The molecule has 2 aromatic rings. The summed E-state index contributed by atoms with van der Waals surface area (Å²) in [4.78, 5) is 1.32. The molecule has 1 nitrogen and oxygen atoms in total. The monoisotopic (exact) mass is 272 g/mol. The van der Waals surface area contributed by atoms with E-state index in [9.17, 15) is 0 Å². The summed E-state index contributed by atoms with van der Waals surface area (Å²) in [7, 11) is 1.70. The SMILES string of the molecule is COc1ccc(C(Sc2ccccc2)C(C)C)cc1. The van der Waals surface area contributed by atoms with Gasteiger partial charge in [-0.3, -0.25) is 0 Å². The van der Waals surface area contributed by atoms with Gasteiger partial charge >= 0.3 is 0 Å². The first-order chi connectivity index (χ1) is 9.20. The van der Waals surface area contributed by atoms with Crippen LogP contribution in [0, 0.1) is 5.92 Å². The van der Waals surface area contributed by atoms with Crippen molar-refractivity contribution in [3.63, 3.8) is 0 Å². The molecule has 2 aromatic carbocycles. The van der Waals surface area contributed by atoms with Gasteiger partial charge in [-0.1, -0.05) is 44.2 Å². The highest BCUT2D eigenvalue weighted by atomic mass is 32.2. The number of rotatable bonds is 5. The van der Waals surface area contributed by atoms with Gasteiger partial charge < -0.3 is 4.74 Å². The lowest BCUT2D eigenvalue weighted by Gasteiger charge is -2.21. The Kier molecular flexibility index (Phi) is 4.92. The molecule has 100 valence electrons. The van der Waals surface area contributed by atoms with Gasteiger partial charge in [0.2, 0.25) is 0 Å². The number of methoxy groups -OCH3 is 1. The third kappa shape index (κ3) is 3.77. The van der Waals surface area contributed by atoms with Gasteiger partial charge in [-0.2, -0.15) is 0 Å². The van der Waals surface area contributed by atoms with E-state index >= 15 is 0 Å². The molecule has 0 fully saturated rings. The smallest absolute Gasteiger partial charge is 0.118 e. The van der Waals surface area contributed by atoms with Crippen LogP contribution in [0.4, 0.5) is 0 Å². The van der Waals surface area contributed by atoms with Crippen LogP contribution in [0.15, 0.2) is 59.5 Å². The highest BCUT2D eigenvalue weighted by molar-refractivity contribution is 7.99. The van der Waals surface area contributed by atoms with Crippen LogP contribution in [0.5, 0.6) is 5.75 Å². The Labute approximate surface area is 120 Å². The van der Waals surface area contributed by atoms with E-state index in [2.05, 4.69) is 56.3 Å². The Hall–Kier alpha value is -1.41. The molecule has 19 heavy (non-hydrogen) atoms. The van der Waals surface area contributed by atoms with Crippen LogP contribution in [-0.2, 0) is 0 Å². The largest absolute Gasteiger partial charge is 0.497 e. The van der Waals surface area contributed by atoms with Crippen LogP contribution < -0.4 is 4.74 Å². The van der Waals surface area contributed by atoms with Crippen molar-refractivity contribution in [2.45, 2.75) is 24.0 Å². The van der Waals surface area contributed by atoms with Crippen molar-refractivity contribution in [1.29, 1.82) is 0 Å². The molecule has 1 unspecified atom stereocenters. The number of benzene rings is 2. The fraction of sp³-hybridized carbons (Fsp3) is 0.294. The van der Waals surface area contributed by atoms with Crippen LogP contribution in [0.25, 0.3) is 0 Å². The number of hydrogen-bond acceptors (Lipinski definition) is 2. The van der Waals surface area contributed by atoms with Gasteiger partial charge in [0.25, 0.3) is 0 Å². The molecule has 2 heteroatoms. The van der Waals surface area contributed by atoms with E-state index in [-0.39, 0.29) is 0 Å². The summed E-state index contributed by atoms with van der Waals surface area (Å²) < 4.78 is 5.22. The topological polar surface area (TPSA) is 9.23 Å². The van der Waals surface area contributed by atoms with Crippen molar-refractivity contribution in [3.8, 4) is 5.75 Å². The summed E-state index contributed by atoms with van der Waals surface area (Å²) in [5.74, 6) is 1.49. The molecular weight excluding hydrogens is 252 g/mol. The van der Waals surface area contributed by atoms with E-state index in [0.717, 1.165) is 5.75 Å². The fourth-order valence-corrected chi connectivity index (χ4v) is 3.20. The molecule has 0 aliphatic rings. The Balaban J connectivity index is 2.19. The molecule has 0 N–H and O–H groups in total. The van der Waals surface area contributed by atoms with Crippen molar-refractivity contribution in [1.82, 2.24) is 0 Å². The second-order valence-electron chi connectivity index (χ2n) is 4.87. The molecule has 1 atom stereocenters. The zero-order valence-corrected chi connectivity index (χ0v) is 12.5. The lowest BCUT2D eigenvalue weighted by Crippen LogP contribution is -2.02. The molecule has 0 spiro atoms. The quantitative estimate of drug-likeness (QED) is 0.693. The van der Waals surface area contributed by atoms with Crippen molar-refractivity contribution in [2.75, 3.05) is 7.11 Å². The maximum atomic E-state index is 5.22. The number of thioether (sulfide) groups is 1. The van der Waals surface area contributed by atoms with Crippen LogP contribution in [0.1, 0.15) is 24.7 Å². The zero-order chi connectivity index (χ0) is 13.7. The zero-order valence-electron chi connectivity index (χ0n) is 11.7. The average molecular weight is 272 g/mol. The molecule has 0 saturated carbocycles. The van der Waals surface area contributed by atoms with Gasteiger partial charge in [0.15, 0.2) is 0 Å². The van der Waals surface area contributed by atoms with Crippen molar-refractivity contribution in [3.05, 3.63) is 60.2 Å². The molecule has 0 heterocycles. The summed E-state index contributed by atoms with van der Waals surface area (Å²) in [6.07, 6.45) is 0. The van der Waals surface area contributed by atoms with Gasteiger partial charge in [-0.15, -0.1) is 11.8 Å². The Bertz CT molecular complexity index is 490. The van der Waals surface area contributed by atoms with Gasteiger partial charge in [-0.05, 0) is 35.7 Å². The van der Waals surface area contributed by atoms with E-state index in [4.69, 9.17) is 4.74 Å². The Morgan fingerprint density at radius 3 is 2.05 bits per heavy atom. The normalized spacial score (nSPS) is 12.4. The lowest BCUT2D eigenvalue weighted by molar-refractivity contribution is 0.414. The summed E-state index contributed by atoms with van der Waals surface area (Å²) in [5.41, 5.74) is 1.35. The summed E-state index contributed by atoms with van der Waals surface area (Å²) in [6, 6.07) is 19.0. The predicted octanol–water partition coefficient (Wildman–Crippen LogP) is 5.18. The van der Waals surface area contributed by atoms with Crippen molar-refractivity contribution in [2.24, 2.45) is 5.92 Å². The maximum absolute atomic E-state index is 5.22. The molecular formula is C17H20OS. The molecule has 0 aliphatic heterocycles. The number of ether oxygens (including phenoxy) is 1. The van der Waals surface area contributed by atoms with Gasteiger partial charge in [0, 0.05) is 10.1 Å². The molecule has 0 aliphatic carbocycles. The first-order valence-electron chi connectivity index (χ1n) is 6.56. The highest BCUT2D eigenvalue weighted by Crippen LogP contribution is 2.40. The Morgan fingerprint density at radius 2 is 1.53 bits per heavy atom. The maximum Gasteiger partial charge on any atom is 0.118 e. The average Bonchev–Trinajstić information content (AvgIpc) is 2.46. The van der Waals surface area contributed by atoms with Crippen LogP contribution in [0.2, 0.25) is 0 Å². The van der Waals surface area contributed by atoms with E-state index < -0.39 is 0 Å². The van der Waals surface area contributed by atoms with Crippen molar-refractivity contribution >= 4 is 11.8 Å². The minimum absolute atomic E-state index is 0.466. The van der Waals surface area contributed by atoms with E-state index in [1.54, 1.807) is 7.11 Å². The molecule has 0 bridgehead atoms. The second-order valence-corrected chi connectivity index (χ2v) is 6.08. The van der Waals surface area contributed by atoms with Crippen LogP contribution >= 0.6 is 11.8 Å². The molecule has 0 saturated heterocycles. The summed E-state index contributed by atoms with van der Waals surface area (Å²) >= 11 is 1.92. The standard InChI is InChI=1S/C17H20OS/c1-13(2)17(19-16-7-5-4-6-8-16)14-9-11-15(18-3)12-10-14/h4-13,17H,1-3H3. The molecule has 0 radical (unpaired) electrons. The van der Waals surface area contributed by atoms with Crippen LogP contribution in [-0.4, -0.2) is 7.11 Å². The highest BCUT2D eigenvalue weighted by Gasteiger charge is 2.17. The predicted molar refractivity (Wildman–Crippen MR) is 82.9 cm³/mol. The first-order valence-corrected chi connectivity index (χ1v) is 7.44. The molecule has 2 rings (SSSR count). The first kappa shape index (κ1) is 14.0. The number of hydrogen-bond donors (Lipinski definition) is 0. The fourth-order valence-electron chi connectivity index (χ4n) is 2.03. The second kappa shape index (κ2) is 6.67. The molecule has 0 amide bonds. The lowest BCUT2D eigenvalue weighted by atomic mass is 10.0. The van der Waals surface area contributed by atoms with Crippen molar-refractivity contribution < 1.29 is 4.74 Å². The third-order valence-electron chi connectivity index (χ3n) is 3.06. The summed E-state index contributed by atoms with van der Waals surface area (Å²) in [6.45, 7) is 4.54. The summed E-state index contributed by atoms with van der Waals surface area (Å²) in [5, 5.41) is 0.466. The van der Waals surface area contributed by atoms with E-state index in [0.29, 0.717) is 11.2 Å². The van der Waals surface area contributed by atoms with Gasteiger partial charge in [-0.25, -0.2) is 0 Å².